The van der Waals surface area contributed by atoms with E-state index in [2.05, 4.69) is 66.7 Å². The van der Waals surface area contributed by atoms with Crippen molar-refractivity contribution in [1.29, 1.82) is 0 Å². The summed E-state index contributed by atoms with van der Waals surface area (Å²) >= 11 is 0. The molecule has 0 fully saturated rings. The van der Waals surface area contributed by atoms with Gasteiger partial charge in [0.05, 0.1) is 0 Å². The molecule has 0 bridgehead atoms. The van der Waals surface area contributed by atoms with Gasteiger partial charge < -0.3 is 0 Å². The molecule has 0 nitrogen and oxygen atoms in total. The Balaban J connectivity index is 3.96. The third-order valence-corrected chi connectivity index (χ3v) is 3.19. The monoisotopic (exact) mass is 262 g/mol. The smallest absolute Gasteiger partial charge is 0.0288 e. The minimum atomic E-state index is 0.414. The van der Waals surface area contributed by atoms with Crippen LogP contribution in [0.15, 0.2) is 34.9 Å². The molecule has 0 unspecified atom stereocenters. The molecule has 110 valence electrons. The van der Waals surface area contributed by atoms with E-state index in [1.165, 1.54) is 48.8 Å². The Morgan fingerprint density at radius 3 is 1.68 bits per heavy atom. The molecule has 0 atom stereocenters. The van der Waals surface area contributed by atoms with E-state index in [1.807, 2.05) is 0 Å². The Bertz CT molecular complexity index is 328. The van der Waals surface area contributed by atoms with E-state index in [0.717, 1.165) is 0 Å². The first kappa shape index (κ1) is 18.2. The van der Waals surface area contributed by atoms with Crippen LogP contribution in [-0.2, 0) is 0 Å². The molecule has 0 radical (unpaired) electrons. The van der Waals surface area contributed by atoms with Gasteiger partial charge in [-0.25, -0.2) is 0 Å². The van der Waals surface area contributed by atoms with Crippen LogP contribution in [0.2, 0.25) is 0 Å². The van der Waals surface area contributed by atoms with Crippen molar-refractivity contribution < 1.29 is 0 Å². The van der Waals surface area contributed by atoms with Gasteiger partial charge in [-0.2, -0.15) is 0 Å². The van der Waals surface area contributed by atoms with Gasteiger partial charge in [0.2, 0.25) is 0 Å². The van der Waals surface area contributed by atoms with Gasteiger partial charge in [0.15, 0.2) is 0 Å². The summed E-state index contributed by atoms with van der Waals surface area (Å²) in [6, 6.07) is 0. The molecule has 0 heteroatoms. The van der Waals surface area contributed by atoms with Crippen LogP contribution in [-0.4, -0.2) is 0 Å². The third kappa shape index (κ3) is 13.5. The summed E-state index contributed by atoms with van der Waals surface area (Å²) in [6.45, 7) is 15.7. The number of rotatable bonds is 7. The van der Waals surface area contributed by atoms with E-state index in [-0.39, 0.29) is 0 Å². The molecule has 0 saturated carbocycles. The Morgan fingerprint density at radius 1 is 0.737 bits per heavy atom. The number of hydrogen-bond acceptors (Lipinski definition) is 0. The first-order chi connectivity index (χ1) is 8.70. The highest BCUT2D eigenvalue weighted by Crippen LogP contribution is 2.21. The molecule has 0 aliphatic carbocycles. The van der Waals surface area contributed by atoms with Crippen LogP contribution in [0.25, 0.3) is 0 Å². The van der Waals surface area contributed by atoms with Gasteiger partial charge in [0, 0.05) is 0 Å². The lowest BCUT2D eigenvalue weighted by Gasteiger charge is -2.15. The largest absolute Gasteiger partial charge is 0.0856 e. The van der Waals surface area contributed by atoms with Crippen LogP contribution in [0.1, 0.15) is 80.6 Å². The Hall–Kier alpha value is -0.780. The first-order valence-electron chi connectivity index (χ1n) is 7.65. The normalized spacial score (nSPS) is 13.6. The highest BCUT2D eigenvalue weighted by molar-refractivity contribution is 5.05. The topological polar surface area (TPSA) is 0 Å². The standard InChI is InChI=1S/C19H34/c1-16(2)10-8-11-17(3)12-9-13-18(4)14-15-19(5,6)7/h10,12,14H,8-9,11,13,15H2,1-7H3/b17-12-,18-14-. The SMILES string of the molecule is CC(C)=CCC/C(C)=C\CC/C(C)=C\CC(C)(C)C. The summed E-state index contributed by atoms with van der Waals surface area (Å²) in [5.41, 5.74) is 4.90. The van der Waals surface area contributed by atoms with E-state index in [1.54, 1.807) is 0 Å². The van der Waals surface area contributed by atoms with Crippen molar-refractivity contribution in [3.05, 3.63) is 34.9 Å². The molecule has 0 N–H and O–H groups in total. The summed E-state index contributed by atoms with van der Waals surface area (Å²) in [5.74, 6) is 0. The molecule has 0 aliphatic heterocycles. The zero-order chi connectivity index (χ0) is 14.9. The maximum Gasteiger partial charge on any atom is -0.0288 e. The molecule has 0 aromatic rings. The van der Waals surface area contributed by atoms with Gasteiger partial charge in [0.1, 0.15) is 0 Å². The Labute approximate surface area is 121 Å². The summed E-state index contributed by atoms with van der Waals surface area (Å²) < 4.78 is 0. The minimum Gasteiger partial charge on any atom is -0.0856 e. The zero-order valence-corrected chi connectivity index (χ0v) is 14.3. The van der Waals surface area contributed by atoms with Crippen LogP contribution < -0.4 is 0 Å². The second kappa shape index (κ2) is 9.18. The first-order valence-corrected chi connectivity index (χ1v) is 7.65. The van der Waals surface area contributed by atoms with Crippen molar-refractivity contribution in [2.45, 2.75) is 80.6 Å². The lowest BCUT2D eigenvalue weighted by Crippen LogP contribution is -2.02. The zero-order valence-electron chi connectivity index (χ0n) is 14.3. The van der Waals surface area contributed by atoms with Gasteiger partial charge in [-0.15, -0.1) is 0 Å². The summed E-state index contributed by atoms with van der Waals surface area (Å²) in [4.78, 5) is 0. The lowest BCUT2D eigenvalue weighted by atomic mass is 9.91. The van der Waals surface area contributed by atoms with Gasteiger partial charge in [-0.1, -0.05) is 55.7 Å². The van der Waals surface area contributed by atoms with Crippen molar-refractivity contribution in [2.24, 2.45) is 5.41 Å². The molecule has 0 amide bonds. The molecule has 0 aliphatic rings. The summed E-state index contributed by atoms with van der Waals surface area (Å²) in [7, 11) is 0. The van der Waals surface area contributed by atoms with Crippen molar-refractivity contribution in [1.82, 2.24) is 0 Å². The van der Waals surface area contributed by atoms with Crippen LogP contribution in [0, 0.1) is 5.41 Å². The Kier molecular flexibility index (Phi) is 8.80. The second-order valence-corrected chi connectivity index (χ2v) is 7.22. The maximum absolute atomic E-state index is 2.41. The van der Waals surface area contributed by atoms with Crippen LogP contribution >= 0.6 is 0 Å². The fourth-order valence-corrected chi connectivity index (χ4v) is 1.82. The van der Waals surface area contributed by atoms with Gasteiger partial charge in [-0.3, -0.25) is 0 Å². The third-order valence-electron chi connectivity index (χ3n) is 3.19. The molecule has 0 rings (SSSR count). The van der Waals surface area contributed by atoms with Crippen LogP contribution in [0.3, 0.4) is 0 Å². The van der Waals surface area contributed by atoms with E-state index < -0.39 is 0 Å². The fourth-order valence-electron chi connectivity index (χ4n) is 1.82. The van der Waals surface area contributed by atoms with Crippen molar-refractivity contribution in [2.75, 3.05) is 0 Å². The molecule has 0 spiro atoms. The fraction of sp³-hybridized carbons (Fsp3) is 0.684. The molecule has 0 saturated heterocycles. The molecular formula is C19H34. The number of hydrogen-bond donors (Lipinski definition) is 0. The Morgan fingerprint density at radius 2 is 1.21 bits per heavy atom. The minimum absolute atomic E-state index is 0.414. The van der Waals surface area contributed by atoms with Gasteiger partial charge in [-0.05, 0) is 65.2 Å². The van der Waals surface area contributed by atoms with E-state index >= 15 is 0 Å². The number of allylic oxidation sites excluding steroid dienone is 6. The highest BCUT2D eigenvalue weighted by atomic mass is 14.1. The van der Waals surface area contributed by atoms with Crippen molar-refractivity contribution >= 4 is 0 Å². The van der Waals surface area contributed by atoms with Crippen molar-refractivity contribution in [3.63, 3.8) is 0 Å². The average molecular weight is 262 g/mol. The summed E-state index contributed by atoms with van der Waals surface area (Å²) in [5, 5.41) is 0. The van der Waals surface area contributed by atoms with Crippen molar-refractivity contribution in [3.8, 4) is 0 Å². The van der Waals surface area contributed by atoms with E-state index in [0.29, 0.717) is 5.41 Å². The predicted octanol–water partition coefficient (Wildman–Crippen LogP) is 6.84. The molecule has 0 aromatic carbocycles. The predicted molar refractivity (Wildman–Crippen MR) is 89.5 cm³/mol. The average Bonchev–Trinajstić information content (AvgIpc) is 2.25. The lowest BCUT2D eigenvalue weighted by molar-refractivity contribution is 0.419. The second-order valence-electron chi connectivity index (χ2n) is 7.22. The summed E-state index contributed by atoms with van der Waals surface area (Å²) in [6.07, 6.45) is 13.1. The highest BCUT2D eigenvalue weighted by Gasteiger charge is 2.07. The molecule has 0 heterocycles. The van der Waals surface area contributed by atoms with E-state index in [4.69, 9.17) is 0 Å². The molecule has 19 heavy (non-hydrogen) atoms. The van der Waals surface area contributed by atoms with E-state index in [9.17, 15) is 0 Å². The van der Waals surface area contributed by atoms with Gasteiger partial charge >= 0.3 is 0 Å². The van der Waals surface area contributed by atoms with Crippen LogP contribution in [0.4, 0.5) is 0 Å². The molecule has 0 aromatic heterocycles. The molecular weight excluding hydrogens is 228 g/mol. The quantitative estimate of drug-likeness (QED) is 0.440. The maximum atomic E-state index is 2.41. The van der Waals surface area contributed by atoms with Gasteiger partial charge in [0.25, 0.3) is 0 Å². The van der Waals surface area contributed by atoms with Crippen LogP contribution in [0.5, 0.6) is 0 Å².